The molecular weight excluding hydrogens is 338 g/mol. The van der Waals surface area contributed by atoms with E-state index in [9.17, 15) is 4.79 Å². The molecule has 6 nitrogen and oxygen atoms in total. The number of methoxy groups -OCH3 is 1. The third kappa shape index (κ3) is 3.89. The Bertz CT molecular complexity index is 628. The molecule has 0 saturated carbocycles. The summed E-state index contributed by atoms with van der Waals surface area (Å²) in [6.45, 7) is 2.89. The standard InChI is InChI=1S/C14H16BrN3O3/c1-10-13(14(19)21-8-7-20-2)16-17-18(10)9-11-5-3-4-6-12(11)15/h3-6H,7-9H2,1-2H3. The van der Waals surface area contributed by atoms with E-state index in [4.69, 9.17) is 9.47 Å². The van der Waals surface area contributed by atoms with Crippen LogP contribution in [-0.4, -0.2) is 41.3 Å². The third-order valence-corrected chi connectivity index (χ3v) is 3.75. The molecule has 0 aliphatic rings. The molecule has 1 aromatic carbocycles. The number of carbonyl (C=O) groups excluding carboxylic acids is 1. The van der Waals surface area contributed by atoms with Gasteiger partial charge in [0.15, 0.2) is 5.69 Å². The van der Waals surface area contributed by atoms with Crippen LogP contribution >= 0.6 is 15.9 Å². The second-order valence-corrected chi connectivity index (χ2v) is 5.26. The number of esters is 1. The van der Waals surface area contributed by atoms with Gasteiger partial charge < -0.3 is 9.47 Å². The zero-order chi connectivity index (χ0) is 15.2. The molecule has 0 radical (unpaired) electrons. The minimum atomic E-state index is -0.483. The minimum Gasteiger partial charge on any atom is -0.458 e. The van der Waals surface area contributed by atoms with E-state index >= 15 is 0 Å². The maximum atomic E-state index is 11.9. The first kappa shape index (κ1) is 15.7. The van der Waals surface area contributed by atoms with Crippen molar-refractivity contribution in [2.24, 2.45) is 0 Å². The average molecular weight is 354 g/mol. The zero-order valence-electron chi connectivity index (χ0n) is 11.9. The van der Waals surface area contributed by atoms with Crippen LogP contribution in [0.4, 0.5) is 0 Å². The number of hydrogen-bond acceptors (Lipinski definition) is 5. The van der Waals surface area contributed by atoms with Crippen LogP contribution in [0.15, 0.2) is 28.7 Å². The van der Waals surface area contributed by atoms with E-state index in [2.05, 4.69) is 26.2 Å². The van der Waals surface area contributed by atoms with Gasteiger partial charge in [0.2, 0.25) is 0 Å². The number of benzene rings is 1. The highest BCUT2D eigenvalue weighted by Crippen LogP contribution is 2.18. The Morgan fingerprint density at radius 2 is 2.10 bits per heavy atom. The highest BCUT2D eigenvalue weighted by molar-refractivity contribution is 9.10. The highest BCUT2D eigenvalue weighted by Gasteiger charge is 2.18. The van der Waals surface area contributed by atoms with Crippen molar-refractivity contribution < 1.29 is 14.3 Å². The van der Waals surface area contributed by atoms with Crippen molar-refractivity contribution in [2.75, 3.05) is 20.3 Å². The summed E-state index contributed by atoms with van der Waals surface area (Å²) in [4.78, 5) is 11.9. The molecule has 112 valence electrons. The van der Waals surface area contributed by atoms with Crippen LogP contribution in [0.2, 0.25) is 0 Å². The van der Waals surface area contributed by atoms with Crippen molar-refractivity contribution in [3.63, 3.8) is 0 Å². The molecule has 0 atom stereocenters. The Kier molecular flexibility index (Phi) is 5.46. The molecule has 2 rings (SSSR count). The lowest BCUT2D eigenvalue weighted by atomic mass is 10.2. The molecule has 0 aliphatic heterocycles. The second-order valence-electron chi connectivity index (χ2n) is 4.40. The molecule has 0 spiro atoms. The quantitative estimate of drug-likeness (QED) is 0.588. The van der Waals surface area contributed by atoms with Gasteiger partial charge in [0, 0.05) is 11.6 Å². The van der Waals surface area contributed by atoms with Gasteiger partial charge in [-0.1, -0.05) is 39.3 Å². The summed E-state index contributed by atoms with van der Waals surface area (Å²) in [5, 5.41) is 7.92. The van der Waals surface area contributed by atoms with Gasteiger partial charge in [0.25, 0.3) is 0 Å². The number of carbonyl (C=O) groups is 1. The lowest BCUT2D eigenvalue weighted by Crippen LogP contribution is -2.12. The molecular formula is C14H16BrN3O3. The molecule has 0 amide bonds. The topological polar surface area (TPSA) is 66.2 Å². The van der Waals surface area contributed by atoms with E-state index in [1.54, 1.807) is 18.7 Å². The number of aromatic nitrogens is 3. The van der Waals surface area contributed by atoms with Crippen LogP contribution in [0.1, 0.15) is 21.7 Å². The van der Waals surface area contributed by atoms with Gasteiger partial charge in [-0.15, -0.1) is 5.10 Å². The fraction of sp³-hybridized carbons (Fsp3) is 0.357. The van der Waals surface area contributed by atoms with Crippen LogP contribution in [0.5, 0.6) is 0 Å². The smallest absolute Gasteiger partial charge is 0.360 e. The van der Waals surface area contributed by atoms with Crippen LogP contribution in [0.3, 0.4) is 0 Å². The SMILES string of the molecule is COCCOC(=O)c1nnn(Cc2ccccc2Br)c1C. The summed E-state index contributed by atoms with van der Waals surface area (Å²) in [6, 6.07) is 7.84. The maximum Gasteiger partial charge on any atom is 0.360 e. The van der Waals surface area contributed by atoms with Gasteiger partial charge in [-0.05, 0) is 18.6 Å². The van der Waals surface area contributed by atoms with Crippen LogP contribution in [0.25, 0.3) is 0 Å². The first-order chi connectivity index (χ1) is 10.1. The van der Waals surface area contributed by atoms with Gasteiger partial charge in [-0.2, -0.15) is 0 Å². The van der Waals surface area contributed by atoms with E-state index in [1.807, 2.05) is 24.3 Å². The minimum absolute atomic E-state index is 0.200. The first-order valence-corrected chi connectivity index (χ1v) is 7.22. The monoisotopic (exact) mass is 353 g/mol. The Labute approximate surface area is 131 Å². The fourth-order valence-corrected chi connectivity index (χ4v) is 2.18. The summed E-state index contributed by atoms with van der Waals surface area (Å²) in [5.41, 5.74) is 1.97. The van der Waals surface area contributed by atoms with Gasteiger partial charge in [-0.25, -0.2) is 9.48 Å². The van der Waals surface area contributed by atoms with Crippen LogP contribution in [0, 0.1) is 6.92 Å². The number of hydrogen-bond donors (Lipinski definition) is 0. The molecule has 0 aliphatic carbocycles. The molecule has 7 heteroatoms. The van der Waals surface area contributed by atoms with Gasteiger partial charge in [-0.3, -0.25) is 0 Å². The van der Waals surface area contributed by atoms with E-state index < -0.39 is 5.97 Å². The van der Waals surface area contributed by atoms with Gasteiger partial charge in [0.1, 0.15) is 6.61 Å². The van der Waals surface area contributed by atoms with E-state index in [-0.39, 0.29) is 12.3 Å². The summed E-state index contributed by atoms with van der Waals surface area (Å²) >= 11 is 3.49. The summed E-state index contributed by atoms with van der Waals surface area (Å²) in [7, 11) is 1.55. The third-order valence-electron chi connectivity index (χ3n) is 2.97. The molecule has 1 heterocycles. The molecule has 0 saturated heterocycles. The predicted molar refractivity (Wildman–Crippen MR) is 80.2 cm³/mol. The van der Waals surface area contributed by atoms with Crippen LogP contribution in [-0.2, 0) is 16.0 Å². The number of rotatable bonds is 6. The molecule has 0 unspecified atom stereocenters. The maximum absolute atomic E-state index is 11.9. The van der Waals surface area contributed by atoms with Crippen molar-refractivity contribution in [1.29, 1.82) is 0 Å². The molecule has 2 aromatic rings. The molecule has 0 N–H and O–H groups in total. The number of halogens is 1. The van der Waals surface area contributed by atoms with E-state index in [0.717, 1.165) is 10.0 Å². The predicted octanol–water partition coefficient (Wildman–Crippen LogP) is 2.20. The Balaban J connectivity index is 2.10. The summed E-state index contributed by atoms with van der Waals surface area (Å²) < 4.78 is 12.5. The first-order valence-electron chi connectivity index (χ1n) is 6.43. The molecule has 21 heavy (non-hydrogen) atoms. The van der Waals surface area contributed by atoms with Gasteiger partial charge in [0.05, 0.1) is 18.8 Å². The number of ether oxygens (including phenoxy) is 2. The highest BCUT2D eigenvalue weighted by atomic mass is 79.9. The number of nitrogens with zero attached hydrogens (tertiary/aromatic N) is 3. The van der Waals surface area contributed by atoms with Crippen molar-refractivity contribution in [3.05, 3.63) is 45.7 Å². The summed E-state index contributed by atoms with van der Waals surface area (Å²) in [5.74, 6) is -0.483. The largest absolute Gasteiger partial charge is 0.458 e. The normalized spacial score (nSPS) is 10.6. The van der Waals surface area contributed by atoms with E-state index in [0.29, 0.717) is 18.8 Å². The lowest BCUT2D eigenvalue weighted by Gasteiger charge is -2.06. The zero-order valence-corrected chi connectivity index (χ0v) is 13.5. The van der Waals surface area contributed by atoms with Crippen molar-refractivity contribution in [1.82, 2.24) is 15.0 Å². The summed E-state index contributed by atoms with van der Waals surface area (Å²) in [6.07, 6.45) is 0. The molecule has 0 bridgehead atoms. The molecule has 0 fully saturated rings. The van der Waals surface area contributed by atoms with Crippen molar-refractivity contribution in [2.45, 2.75) is 13.5 Å². The average Bonchev–Trinajstić information content (AvgIpc) is 2.83. The van der Waals surface area contributed by atoms with Crippen molar-refractivity contribution >= 4 is 21.9 Å². The molecule has 1 aromatic heterocycles. The van der Waals surface area contributed by atoms with Crippen LogP contribution < -0.4 is 0 Å². The Morgan fingerprint density at radius 3 is 2.81 bits per heavy atom. The second kappa shape index (κ2) is 7.33. The van der Waals surface area contributed by atoms with Crippen molar-refractivity contribution in [3.8, 4) is 0 Å². The lowest BCUT2D eigenvalue weighted by molar-refractivity contribution is 0.0380. The van der Waals surface area contributed by atoms with E-state index in [1.165, 1.54) is 0 Å². The Morgan fingerprint density at radius 1 is 1.33 bits per heavy atom. The Hall–Kier alpha value is -1.73. The van der Waals surface area contributed by atoms with Gasteiger partial charge >= 0.3 is 5.97 Å². The fourth-order valence-electron chi connectivity index (χ4n) is 1.77.